The molecule has 10 heteroatoms. The lowest BCUT2D eigenvalue weighted by Gasteiger charge is -2.30. The molecular formula is C18H24ClN3O4S2. The van der Waals surface area contributed by atoms with Crippen molar-refractivity contribution in [3.05, 3.63) is 23.2 Å². The van der Waals surface area contributed by atoms with Gasteiger partial charge in [0.2, 0.25) is 21.8 Å². The highest BCUT2D eigenvalue weighted by Gasteiger charge is 2.52. The number of nitrogens with zero attached hydrogens (tertiary/aromatic N) is 2. The molecule has 0 radical (unpaired) electrons. The van der Waals surface area contributed by atoms with Crippen molar-refractivity contribution in [2.24, 2.45) is 0 Å². The zero-order valence-corrected chi connectivity index (χ0v) is 18.5. The van der Waals surface area contributed by atoms with Gasteiger partial charge in [-0.25, -0.2) is 8.42 Å². The molecule has 0 bridgehead atoms. The van der Waals surface area contributed by atoms with E-state index in [-0.39, 0.29) is 32.3 Å². The number of nitrogens with one attached hydrogen (secondary N) is 1. The Labute approximate surface area is 174 Å². The van der Waals surface area contributed by atoms with E-state index in [1.54, 1.807) is 30.5 Å². The Kier molecular flexibility index (Phi) is 6.01. The first kappa shape index (κ1) is 21.4. The molecule has 3 rings (SSSR count). The van der Waals surface area contributed by atoms with Crippen molar-refractivity contribution >= 4 is 50.9 Å². The molecule has 1 aromatic rings. The summed E-state index contributed by atoms with van der Waals surface area (Å²) >= 11 is 7.80. The predicted octanol–water partition coefficient (Wildman–Crippen LogP) is 2.76. The number of carbonyl (C=O) groups excluding carboxylic acids is 2. The number of amides is 2. The van der Waals surface area contributed by atoms with E-state index in [2.05, 4.69) is 5.32 Å². The van der Waals surface area contributed by atoms with Gasteiger partial charge in [0.25, 0.3) is 0 Å². The molecule has 2 atom stereocenters. The van der Waals surface area contributed by atoms with Gasteiger partial charge in [0.15, 0.2) is 0 Å². The van der Waals surface area contributed by atoms with Gasteiger partial charge in [-0.2, -0.15) is 4.31 Å². The minimum atomic E-state index is -3.67. The molecule has 28 heavy (non-hydrogen) atoms. The number of hydrogen-bond acceptors (Lipinski definition) is 5. The quantitative estimate of drug-likeness (QED) is 0.727. The number of hydrogen-bond donors (Lipinski definition) is 1. The Bertz CT molecular complexity index is 904. The number of anilines is 1. The van der Waals surface area contributed by atoms with Crippen molar-refractivity contribution in [2.75, 3.05) is 24.2 Å². The molecular weight excluding hydrogens is 422 g/mol. The highest BCUT2D eigenvalue weighted by molar-refractivity contribution is 8.01. The molecule has 7 nitrogen and oxygen atoms in total. The van der Waals surface area contributed by atoms with E-state index in [1.165, 1.54) is 22.5 Å². The molecule has 2 aliphatic rings. The molecule has 0 aliphatic carbocycles. The van der Waals surface area contributed by atoms with Crippen molar-refractivity contribution < 1.29 is 18.0 Å². The van der Waals surface area contributed by atoms with Gasteiger partial charge in [0, 0.05) is 25.3 Å². The van der Waals surface area contributed by atoms with Crippen LogP contribution < -0.4 is 5.32 Å². The second-order valence-electron chi connectivity index (χ2n) is 6.99. The summed E-state index contributed by atoms with van der Waals surface area (Å²) in [4.78, 5) is 26.5. The number of sulfonamides is 1. The van der Waals surface area contributed by atoms with Crippen LogP contribution >= 0.6 is 23.4 Å². The molecule has 2 saturated heterocycles. The van der Waals surface area contributed by atoms with Crippen LogP contribution in [-0.4, -0.2) is 59.2 Å². The minimum Gasteiger partial charge on any atom is -0.323 e. The fraction of sp³-hybridized carbons (Fsp3) is 0.556. The van der Waals surface area contributed by atoms with E-state index < -0.39 is 16.1 Å². The van der Waals surface area contributed by atoms with Gasteiger partial charge in [-0.05, 0) is 31.5 Å². The molecule has 2 amide bonds. The maximum atomic E-state index is 12.9. The second kappa shape index (κ2) is 7.85. The Morgan fingerprint density at radius 2 is 2.07 bits per heavy atom. The van der Waals surface area contributed by atoms with Crippen molar-refractivity contribution in [1.82, 2.24) is 9.21 Å². The summed E-state index contributed by atoms with van der Waals surface area (Å²) in [6.45, 7) is 6.19. The molecule has 0 aromatic heterocycles. The van der Waals surface area contributed by atoms with Crippen LogP contribution in [0.3, 0.4) is 0 Å². The van der Waals surface area contributed by atoms with Gasteiger partial charge in [-0.15, -0.1) is 11.8 Å². The lowest BCUT2D eigenvalue weighted by atomic mass is 10.2. The van der Waals surface area contributed by atoms with E-state index >= 15 is 0 Å². The average Bonchev–Trinajstić information content (AvgIpc) is 3.13. The fourth-order valence-corrected chi connectivity index (χ4v) is 6.79. The van der Waals surface area contributed by atoms with Crippen LogP contribution in [0.1, 0.15) is 33.6 Å². The van der Waals surface area contributed by atoms with E-state index in [0.29, 0.717) is 25.3 Å². The Balaban J connectivity index is 1.85. The largest absolute Gasteiger partial charge is 0.323 e. The first-order valence-electron chi connectivity index (χ1n) is 9.20. The van der Waals surface area contributed by atoms with Gasteiger partial charge in [-0.3, -0.25) is 9.59 Å². The summed E-state index contributed by atoms with van der Waals surface area (Å²) < 4.78 is 26.8. The van der Waals surface area contributed by atoms with Crippen LogP contribution in [0.5, 0.6) is 0 Å². The number of fused-ring (bicyclic) bond motifs is 1. The summed E-state index contributed by atoms with van der Waals surface area (Å²) in [7, 11) is -3.67. The predicted molar refractivity (Wildman–Crippen MR) is 111 cm³/mol. The van der Waals surface area contributed by atoms with Gasteiger partial charge in [0.1, 0.15) is 6.04 Å². The van der Waals surface area contributed by atoms with Crippen LogP contribution in [0.25, 0.3) is 0 Å². The number of benzene rings is 1. The van der Waals surface area contributed by atoms with Gasteiger partial charge in [-0.1, -0.05) is 25.4 Å². The highest BCUT2D eigenvalue weighted by Crippen LogP contribution is 2.47. The summed E-state index contributed by atoms with van der Waals surface area (Å²) in [6, 6.07) is 3.67. The van der Waals surface area contributed by atoms with Crippen LogP contribution in [-0.2, 0) is 19.6 Å². The Morgan fingerprint density at radius 3 is 2.71 bits per heavy atom. The lowest BCUT2D eigenvalue weighted by molar-refractivity contribution is -0.135. The third-order valence-corrected chi connectivity index (χ3v) is 9.17. The minimum absolute atomic E-state index is 0.0309. The molecule has 2 fully saturated rings. The normalized spacial score (nSPS) is 24.7. The number of carbonyl (C=O) groups is 2. The number of halogens is 1. The molecule has 2 unspecified atom stereocenters. The van der Waals surface area contributed by atoms with E-state index in [1.807, 2.05) is 6.92 Å². The average molecular weight is 446 g/mol. The standard InChI is InChI=1S/C18H24ClN3O4S2/c1-4-21(5-2)28(25,26)12-6-7-13(19)14(10-12)20-17(24)15-11-27-18(3)9-8-16(23)22(15)18/h6-7,10,15H,4-5,8-9,11H2,1-3H3,(H,20,24). The first-order valence-corrected chi connectivity index (χ1v) is 12.0. The summed E-state index contributed by atoms with van der Waals surface area (Å²) in [5, 5.41) is 2.97. The van der Waals surface area contributed by atoms with E-state index in [9.17, 15) is 18.0 Å². The Morgan fingerprint density at radius 1 is 1.39 bits per heavy atom. The maximum absolute atomic E-state index is 12.9. The van der Waals surface area contributed by atoms with E-state index in [0.717, 1.165) is 6.42 Å². The SMILES string of the molecule is CCN(CC)S(=O)(=O)c1ccc(Cl)c(NC(=O)C2CSC3(C)CCC(=O)N23)c1. The van der Waals surface area contributed by atoms with Crippen LogP contribution in [0, 0.1) is 0 Å². The molecule has 154 valence electrons. The monoisotopic (exact) mass is 445 g/mol. The molecule has 0 spiro atoms. The van der Waals surface area contributed by atoms with Crippen molar-refractivity contribution in [1.29, 1.82) is 0 Å². The molecule has 0 saturated carbocycles. The van der Waals surface area contributed by atoms with Crippen LogP contribution in [0.2, 0.25) is 5.02 Å². The number of thioether (sulfide) groups is 1. The smallest absolute Gasteiger partial charge is 0.248 e. The fourth-order valence-electron chi connectivity index (χ4n) is 3.70. The first-order chi connectivity index (χ1) is 13.1. The van der Waals surface area contributed by atoms with Gasteiger partial charge >= 0.3 is 0 Å². The number of rotatable bonds is 6. The summed E-state index contributed by atoms with van der Waals surface area (Å²) in [5.74, 6) is 0.116. The molecule has 1 N–H and O–H groups in total. The van der Waals surface area contributed by atoms with Gasteiger partial charge in [0.05, 0.1) is 20.5 Å². The summed E-state index contributed by atoms with van der Waals surface area (Å²) in [5.41, 5.74) is 0.227. The summed E-state index contributed by atoms with van der Waals surface area (Å²) in [6.07, 6.45) is 1.16. The zero-order valence-electron chi connectivity index (χ0n) is 16.1. The van der Waals surface area contributed by atoms with Crippen LogP contribution in [0.4, 0.5) is 5.69 Å². The van der Waals surface area contributed by atoms with Gasteiger partial charge < -0.3 is 10.2 Å². The molecule has 1 aromatic carbocycles. The highest BCUT2D eigenvalue weighted by atomic mass is 35.5. The molecule has 2 aliphatic heterocycles. The maximum Gasteiger partial charge on any atom is 0.248 e. The second-order valence-corrected chi connectivity index (χ2v) is 10.8. The van der Waals surface area contributed by atoms with Crippen molar-refractivity contribution in [3.8, 4) is 0 Å². The van der Waals surface area contributed by atoms with Crippen LogP contribution in [0.15, 0.2) is 23.1 Å². The zero-order chi connectivity index (χ0) is 20.7. The van der Waals surface area contributed by atoms with Crippen molar-refractivity contribution in [3.63, 3.8) is 0 Å². The molecule has 2 heterocycles. The third-order valence-electron chi connectivity index (χ3n) is 5.29. The topological polar surface area (TPSA) is 86.8 Å². The third kappa shape index (κ3) is 3.65. The van der Waals surface area contributed by atoms with E-state index in [4.69, 9.17) is 11.6 Å². The van der Waals surface area contributed by atoms with Crippen molar-refractivity contribution in [2.45, 2.75) is 49.4 Å². The lowest BCUT2D eigenvalue weighted by Crippen LogP contribution is -2.48. The Hall–Kier alpha value is -1.29.